The molecule has 0 atom stereocenters. The van der Waals surface area contributed by atoms with Crippen molar-refractivity contribution in [3.63, 3.8) is 0 Å². The number of rotatable bonds is 2. The molecule has 116 valence electrons. The summed E-state index contributed by atoms with van der Waals surface area (Å²) in [6.45, 7) is 0. The highest BCUT2D eigenvalue weighted by molar-refractivity contribution is 9.10. The number of hydrogen-bond acceptors (Lipinski definition) is 1. The quantitative estimate of drug-likeness (QED) is 0.726. The molecule has 2 rings (SSSR count). The number of amides is 1. The van der Waals surface area contributed by atoms with E-state index in [1.54, 1.807) is 18.2 Å². The summed E-state index contributed by atoms with van der Waals surface area (Å²) in [6, 6.07) is 4.97. The Morgan fingerprint density at radius 2 is 1.86 bits per heavy atom. The molecule has 0 saturated heterocycles. The molecule has 1 N–H and O–H groups in total. The number of carbonyl (C=O) groups is 1. The van der Waals surface area contributed by atoms with E-state index >= 15 is 0 Å². The Hall–Kier alpha value is -0.750. The highest BCUT2D eigenvalue weighted by Crippen LogP contribution is 2.39. The molecule has 0 unspecified atom stereocenters. The minimum Gasteiger partial charge on any atom is -0.326 e. The Morgan fingerprint density at radius 1 is 1.24 bits per heavy atom. The summed E-state index contributed by atoms with van der Waals surface area (Å²) in [6.07, 6.45) is -3.57. The Balaban J connectivity index is 1.92. The molecule has 1 aliphatic carbocycles. The Morgan fingerprint density at radius 3 is 2.38 bits per heavy atom. The van der Waals surface area contributed by atoms with Crippen molar-refractivity contribution in [2.45, 2.75) is 31.9 Å². The van der Waals surface area contributed by atoms with Crippen LogP contribution in [-0.4, -0.2) is 12.1 Å². The fourth-order valence-electron chi connectivity index (χ4n) is 2.50. The molecule has 1 aromatic rings. The maximum atomic E-state index is 12.6. The van der Waals surface area contributed by atoms with Gasteiger partial charge in [0, 0.05) is 16.1 Å². The predicted molar refractivity (Wildman–Crippen MR) is 79.3 cm³/mol. The van der Waals surface area contributed by atoms with Crippen molar-refractivity contribution in [3.8, 4) is 0 Å². The fourth-order valence-corrected chi connectivity index (χ4v) is 3.00. The first-order valence-electron chi connectivity index (χ1n) is 6.60. The minimum absolute atomic E-state index is 0.0197. The van der Waals surface area contributed by atoms with E-state index < -0.39 is 12.1 Å². The van der Waals surface area contributed by atoms with Gasteiger partial charge < -0.3 is 5.32 Å². The zero-order valence-corrected chi connectivity index (χ0v) is 13.4. The zero-order valence-electron chi connectivity index (χ0n) is 11.0. The van der Waals surface area contributed by atoms with Gasteiger partial charge >= 0.3 is 6.18 Å². The standard InChI is InChI=1S/C14H14BrClF3NO/c15-11-7-10(5-6-12(11)16)20-13(21)8-1-3-9(4-2-8)14(17,18)19/h5-9H,1-4H2,(H,20,21). The van der Waals surface area contributed by atoms with E-state index in [1.165, 1.54) is 0 Å². The lowest BCUT2D eigenvalue weighted by atomic mass is 9.81. The van der Waals surface area contributed by atoms with Gasteiger partial charge in [-0.2, -0.15) is 13.2 Å². The number of alkyl halides is 3. The van der Waals surface area contributed by atoms with Crippen LogP contribution in [0.1, 0.15) is 25.7 Å². The lowest BCUT2D eigenvalue weighted by Crippen LogP contribution is -2.32. The summed E-state index contributed by atoms with van der Waals surface area (Å²) >= 11 is 9.11. The summed E-state index contributed by atoms with van der Waals surface area (Å²) < 4.78 is 38.4. The lowest BCUT2D eigenvalue weighted by Gasteiger charge is -2.29. The molecule has 1 fully saturated rings. The third-order valence-corrected chi connectivity index (χ3v) is 4.96. The van der Waals surface area contributed by atoms with Gasteiger partial charge in [0.1, 0.15) is 0 Å². The van der Waals surface area contributed by atoms with Crippen LogP contribution >= 0.6 is 27.5 Å². The van der Waals surface area contributed by atoms with Gasteiger partial charge in [0.2, 0.25) is 5.91 Å². The SMILES string of the molecule is O=C(Nc1ccc(Cl)c(Br)c1)C1CCC(C(F)(F)F)CC1. The second-order valence-corrected chi connectivity index (χ2v) is 6.47. The monoisotopic (exact) mass is 383 g/mol. The van der Waals surface area contributed by atoms with Gasteiger partial charge in [-0.15, -0.1) is 0 Å². The van der Waals surface area contributed by atoms with Crippen molar-refractivity contribution in [2.24, 2.45) is 11.8 Å². The predicted octanol–water partition coefficient (Wildman–Crippen LogP) is 5.41. The molecular weight excluding hydrogens is 371 g/mol. The number of carbonyl (C=O) groups excluding carboxylic acids is 1. The van der Waals surface area contributed by atoms with E-state index in [9.17, 15) is 18.0 Å². The third kappa shape index (κ3) is 4.36. The maximum absolute atomic E-state index is 12.6. The van der Waals surface area contributed by atoms with Crippen LogP contribution in [0.2, 0.25) is 5.02 Å². The molecule has 0 aromatic heterocycles. The van der Waals surface area contributed by atoms with Crippen LogP contribution < -0.4 is 5.32 Å². The van der Waals surface area contributed by atoms with Crippen molar-refractivity contribution in [1.82, 2.24) is 0 Å². The largest absolute Gasteiger partial charge is 0.391 e. The van der Waals surface area contributed by atoms with Gasteiger partial charge in [-0.3, -0.25) is 4.79 Å². The number of nitrogens with one attached hydrogen (secondary N) is 1. The van der Waals surface area contributed by atoms with Crippen molar-refractivity contribution in [2.75, 3.05) is 5.32 Å². The molecule has 1 amide bonds. The molecule has 1 aromatic carbocycles. The number of benzene rings is 1. The van der Waals surface area contributed by atoms with Crippen LogP contribution in [0.5, 0.6) is 0 Å². The molecule has 1 saturated carbocycles. The molecule has 0 spiro atoms. The first-order valence-corrected chi connectivity index (χ1v) is 7.77. The molecule has 0 aliphatic heterocycles. The molecule has 0 heterocycles. The third-order valence-electron chi connectivity index (χ3n) is 3.75. The van der Waals surface area contributed by atoms with Crippen molar-refractivity contribution >= 4 is 39.1 Å². The highest BCUT2D eigenvalue weighted by atomic mass is 79.9. The lowest BCUT2D eigenvalue weighted by molar-refractivity contribution is -0.184. The minimum atomic E-state index is -4.15. The molecule has 7 heteroatoms. The molecule has 1 aliphatic rings. The van der Waals surface area contributed by atoms with E-state index in [1.807, 2.05) is 0 Å². The van der Waals surface area contributed by atoms with Crippen LogP contribution in [0, 0.1) is 11.8 Å². The van der Waals surface area contributed by atoms with Gasteiger partial charge in [-0.05, 0) is 59.8 Å². The van der Waals surface area contributed by atoms with Crippen molar-refractivity contribution < 1.29 is 18.0 Å². The Kier molecular flexibility index (Phi) is 5.20. The number of anilines is 1. The van der Waals surface area contributed by atoms with Crippen molar-refractivity contribution in [3.05, 3.63) is 27.7 Å². The normalized spacial score (nSPS) is 22.9. The van der Waals surface area contributed by atoms with Gasteiger partial charge in [-0.1, -0.05) is 11.6 Å². The maximum Gasteiger partial charge on any atom is 0.391 e. The second kappa shape index (κ2) is 6.57. The van der Waals surface area contributed by atoms with E-state index in [0.29, 0.717) is 15.2 Å². The van der Waals surface area contributed by atoms with E-state index in [-0.39, 0.29) is 37.5 Å². The summed E-state index contributed by atoms with van der Waals surface area (Å²) in [7, 11) is 0. The van der Waals surface area contributed by atoms with Crippen LogP contribution in [0.15, 0.2) is 22.7 Å². The van der Waals surface area contributed by atoms with Gasteiger partial charge in [-0.25, -0.2) is 0 Å². The summed E-state index contributed by atoms with van der Waals surface area (Å²) in [5, 5.41) is 3.25. The van der Waals surface area contributed by atoms with Gasteiger partial charge in [0.15, 0.2) is 0 Å². The summed E-state index contributed by atoms with van der Waals surface area (Å²) in [5.41, 5.74) is 0.578. The van der Waals surface area contributed by atoms with Crippen LogP contribution in [0.3, 0.4) is 0 Å². The van der Waals surface area contributed by atoms with Gasteiger partial charge in [0.25, 0.3) is 0 Å². The van der Waals surface area contributed by atoms with Crippen LogP contribution in [0.25, 0.3) is 0 Å². The average Bonchev–Trinajstić information content (AvgIpc) is 2.42. The smallest absolute Gasteiger partial charge is 0.326 e. The van der Waals surface area contributed by atoms with E-state index in [0.717, 1.165) is 0 Å². The molecule has 21 heavy (non-hydrogen) atoms. The van der Waals surface area contributed by atoms with E-state index in [2.05, 4.69) is 21.2 Å². The average molecular weight is 385 g/mol. The van der Waals surface area contributed by atoms with E-state index in [4.69, 9.17) is 11.6 Å². The molecule has 0 radical (unpaired) electrons. The Labute approximate surface area is 134 Å². The highest BCUT2D eigenvalue weighted by Gasteiger charge is 2.42. The topological polar surface area (TPSA) is 29.1 Å². The van der Waals surface area contributed by atoms with Gasteiger partial charge in [0.05, 0.1) is 10.9 Å². The zero-order chi connectivity index (χ0) is 15.6. The van der Waals surface area contributed by atoms with Crippen molar-refractivity contribution in [1.29, 1.82) is 0 Å². The number of hydrogen-bond donors (Lipinski definition) is 1. The van der Waals surface area contributed by atoms with Crippen LogP contribution in [0.4, 0.5) is 18.9 Å². The molecule has 2 nitrogen and oxygen atoms in total. The summed E-state index contributed by atoms with van der Waals surface area (Å²) in [4.78, 5) is 12.1. The summed E-state index contributed by atoms with van der Waals surface area (Å²) in [5.74, 6) is -1.87. The number of halogens is 5. The first-order chi connectivity index (χ1) is 9.77. The second-order valence-electron chi connectivity index (χ2n) is 5.21. The first kappa shape index (κ1) is 16.6. The Bertz CT molecular complexity index is 527. The molecular formula is C14H14BrClF3NO. The fraction of sp³-hybridized carbons (Fsp3) is 0.500. The van der Waals surface area contributed by atoms with Crippen LogP contribution in [-0.2, 0) is 4.79 Å². The molecule has 0 bridgehead atoms.